The van der Waals surface area contributed by atoms with Crippen LogP contribution in [-0.4, -0.2) is 34.3 Å². The molecule has 0 aliphatic carbocycles. The zero-order valence-electron chi connectivity index (χ0n) is 13.7. The van der Waals surface area contributed by atoms with Crippen LogP contribution in [0.25, 0.3) is 0 Å². The van der Waals surface area contributed by atoms with E-state index in [4.69, 9.17) is 4.42 Å². The standard InChI is InChI=1S/C18H21N3O3/c1-2-13-6-3-8-15(20-13)18(23)21-10-4-9-16(21)17(22)19-12-14-7-5-11-24-14/h3,5-8,11,16H,2,4,9-10,12H2,1H3,(H,19,22). The predicted molar refractivity (Wildman–Crippen MR) is 88.2 cm³/mol. The summed E-state index contributed by atoms with van der Waals surface area (Å²) in [6, 6.07) is 8.57. The summed E-state index contributed by atoms with van der Waals surface area (Å²) >= 11 is 0. The van der Waals surface area contributed by atoms with E-state index in [9.17, 15) is 9.59 Å². The predicted octanol–water partition coefficient (Wildman–Crippen LogP) is 2.16. The van der Waals surface area contributed by atoms with E-state index in [1.807, 2.05) is 19.1 Å². The first-order valence-corrected chi connectivity index (χ1v) is 8.26. The topological polar surface area (TPSA) is 75.4 Å². The molecule has 6 heteroatoms. The molecule has 0 saturated carbocycles. The Morgan fingerprint density at radius 2 is 2.21 bits per heavy atom. The van der Waals surface area contributed by atoms with Crippen molar-refractivity contribution in [1.29, 1.82) is 0 Å². The zero-order valence-corrected chi connectivity index (χ0v) is 13.7. The summed E-state index contributed by atoms with van der Waals surface area (Å²) in [5.41, 5.74) is 1.28. The number of hydrogen-bond donors (Lipinski definition) is 1. The maximum atomic E-state index is 12.7. The molecule has 3 heterocycles. The minimum absolute atomic E-state index is 0.149. The first-order chi connectivity index (χ1) is 11.7. The van der Waals surface area contributed by atoms with E-state index in [1.165, 1.54) is 0 Å². The second-order valence-corrected chi connectivity index (χ2v) is 5.82. The number of nitrogens with one attached hydrogen (secondary N) is 1. The second kappa shape index (κ2) is 7.29. The first-order valence-electron chi connectivity index (χ1n) is 8.26. The Morgan fingerprint density at radius 3 is 2.96 bits per heavy atom. The van der Waals surface area contributed by atoms with Gasteiger partial charge in [-0.3, -0.25) is 9.59 Å². The molecule has 1 N–H and O–H groups in total. The molecule has 0 spiro atoms. The number of amides is 2. The van der Waals surface area contributed by atoms with Gasteiger partial charge < -0.3 is 14.6 Å². The molecule has 1 aliphatic rings. The number of nitrogens with zero attached hydrogens (tertiary/aromatic N) is 2. The molecule has 2 aromatic rings. The highest BCUT2D eigenvalue weighted by Gasteiger charge is 2.35. The van der Waals surface area contributed by atoms with Gasteiger partial charge in [0.2, 0.25) is 5.91 Å². The average Bonchev–Trinajstić information content (AvgIpc) is 3.30. The van der Waals surface area contributed by atoms with Crippen molar-refractivity contribution < 1.29 is 14.0 Å². The van der Waals surface area contributed by atoms with Gasteiger partial charge in [0, 0.05) is 12.2 Å². The highest BCUT2D eigenvalue weighted by Crippen LogP contribution is 2.20. The number of aryl methyl sites for hydroxylation is 1. The van der Waals surface area contributed by atoms with Crippen molar-refractivity contribution in [2.24, 2.45) is 0 Å². The molecule has 24 heavy (non-hydrogen) atoms. The number of carbonyl (C=O) groups excluding carboxylic acids is 2. The van der Waals surface area contributed by atoms with Gasteiger partial charge in [0.1, 0.15) is 17.5 Å². The third-order valence-electron chi connectivity index (χ3n) is 4.22. The fourth-order valence-corrected chi connectivity index (χ4v) is 2.93. The van der Waals surface area contributed by atoms with Crippen LogP contribution in [0, 0.1) is 0 Å². The first kappa shape index (κ1) is 16.2. The maximum absolute atomic E-state index is 12.7. The minimum atomic E-state index is -0.445. The average molecular weight is 327 g/mol. The summed E-state index contributed by atoms with van der Waals surface area (Å²) < 4.78 is 5.21. The Kier molecular flexibility index (Phi) is 4.93. The molecule has 126 valence electrons. The SMILES string of the molecule is CCc1cccc(C(=O)N2CCCC2C(=O)NCc2ccco2)n1. The van der Waals surface area contributed by atoms with Crippen LogP contribution in [0.4, 0.5) is 0 Å². The van der Waals surface area contributed by atoms with Crippen molar-refractivity contribution in [2.45, 2.75) is 38.8 Å². The fraction of sp³-hybridized carbons (Fsp3) is 0.389. The van der Waals surface area contributed by atoms with Crippen molar-refractivity contribution in [3.8, 4) is 0 Å². The Morgan fingerprint density at radius 1 is 1.33 bits per heavy atom. The number of hydrogen-bond acceptors (Lipinski definition) is 4. The summed E-state index contributed by atoms with van der Waals surface area (Å²) in [6.07, 6.45) is 3.83. The van der Waals surface area contributed by atoms with Crippen LogP contribution >= 0.6 is 0 Å². The van der Waals surface area contributed by atoms with Crippen LogP contribution in [0.1, 0.15) is 41.7 Å². The van der Waals surface area contributed by atoms with E-state index in [0.717, 1.165) is 18.5 Å². The van der Waals surface area contributed by atoms with Crippen LogP contribution < -0.4 is 5.32 Å². The van der Waals surface area contributed by atoms with Gasteiger partial charge in [-0.1, -0.05) is 13.0 Å². The fourth-order valence-electron chi connectivity index (χ4n) is 2.93. The van der Waals surface area contributed by atoms with Crippen LogP contribution in [0.5, 0.6) is 0 Å². The van der Waals surface area contributed by atoms with Gasteiger partial charge in [-0.2, -0.15) is 0 Å². The van der Waals surface area contributed by atoms with Crippen molar-refractivity contribution in [1.82, 2.24) is 15.2 Å². The quantitative estimate of drug-likeness (QED) is 0.913. The van der Waals surface area contributed by atoms with Gasteiger partial charge in [0.05, 0.1) is 12.8 Å². The molecule has 2 aromatic heterocycles. The normalized spacial score (nSPS) is 17.0. The summed E-state index contributed by atoms with van der Waals surface area (Å²) in [7, 11) is 0. The van der Waals surface area contributed by atoms with E-state index in [-0.39, 0.29) is 11.8 Å². The molecular weight excluding hydrogens is 306 g/mol. The molecule has 1 saturated heterocycles. The van der Waals surface area contributed by atoms with Crippen LogP contribution in [0.2, 0.25) is 0 Å². The Bertz CT molecular complexity index is 712. The largest absolute Gasteiger partial charge is 0.467 e. The molecule has 1 aliphatic heterocycles. The summed E-state index contributed by atoms with van der Waals surface area (Å²) in [5.74, 6) is 0.362. The van der Waals surface area contributed by atoms with Crippen LogP contribution in [0.15, 0.2) is 41.0 Å². The molecular formula is C18H21N3O3. The van der Waals surface area contributed by atoms with Crippen molar-refractivity contribution >= 4 is 11.8 Å². The number of likely N-dealkylation sites (tertiary alicyclic amines) is 1. The number of aromatic nitrogens is 1. The van der Waals surface area contributed by atoms with Crippen molar-refractivity contribution in [3.05, 3.63) is 53.7 Å². The lowest BCUT2D eigenvalue weighted by Gasteiger charge is -2.23. The van der Waals surface area contributed by atoms with Crippen LogP contribution in [0.3, 0.4) is 0 Å². The lowest BCUT2D eigenvalue weighted by molar-refractivity contribution is -0.125. The van der Waals surface area contributed by atoms with E-state index in [0.29, 0.717) is 31.0 Å². The molecule has 1 fully saturated rings. The molecule has 1 unspecified atom stereocenters. The van der Waals surface area contributed by atoms with E-state index in [2.05, 4.69) is 10.3 Å². The maximum Gasteiger partial charge on any atom is 0.273 e. The van der Waals surface area contributed by atoms with Gasteiger partial charge in [0.25, 0.3) is 5.91 Å². The molecule has 2 amide bonds. The van der Waals surface area contributed by atoms with Gasteiger partial charge in [0.15, 0.2) is 0 Å². The summed E-state index contributed by atoms with van der Waals surface area (Å²) in [6.45, 7) is 2.90. The molecule has 6 nitrogen and oxygen atoms in total. The monoisotopic (exact) mass is 327 g/mol. The smallest absolute Gasteiger partial charge is 0.273 e. The Balaban J connectivity index is 1.67. The van der Waals surface area contributed by atoms with E-state index < -0.39 is 6.04 Å². The molecule has 3 rings (SSSR count). The highest BCUT2D eigenvalue weighted by atomic mass is 16.3. The van der Waals surface area contributed by atoms with Gasteiger partial charge in [-0.25, -0.2) is 4.98 Å². The van der Waals surface area contributed by atoms with E-state index >= 15 is 0 Å². The Hall–Kier alpha value is -2.63. The van der Waals surface area contributed by atoms with Crippen molar-refractivity contribution in [2.75, 3.05) is 6.54 Å². The lowest BCUT2D eigenvalue weighted by Crippen LogP contribution is -2.46. The minimum Gasteiger partial charge on any atom is -0.467 e. The Labute approximate surface area is 140 Å². The van der Waals surface area contributed by atoms with Crippen molar-refractivity contribution in [3.63, 3.8) is 0 Å². The zero-order chi connectivity index (χ0) is 16.9. The van der Waals surface area contributed by atoms with Gasteiger partial charge in [-0.05, 0) is 43.5 Å². The number of carbonyl (C=O) groups is 2. The van der Waals surface area contributed by atoms with Gasteiger partial charge in [-0.15, -0.1) is 0 Å². The van der Waals surface area contributed by atoms with E-state index in [1.54, 1.807) is 29.4 Å². The van der Waals surface area contributed by atoms with Gasteiger partial charge >= 0.3 is 0 Å². The molecule has 0 aromatic carbocycles. The third kappa shape index (κ3) is 3.48. The molecule has 1 atom stereocenters. The number of rotatable bonds is 5. The summed E-state index contributed by atoms with van der Waals surface area (Å²) in [4.78, 5) is 31.2. The number of furan rings is 1. The summed E-state index contributed by atoms with van der Waals surface area (Å²) in [5, 5.41) is 2.84. The highest BCUT2D eigenvalue weighted by molar-refractivity contribution is 5.96. The molecule has 0 bridgehead atoms. The third-order valence-corrected chi connectivity index (χ3v) is 4.22. The van der Waals surface area contributed by atoms with Crippen LogP contribution in [-0.2, 0) is 17.8 Å². The molecule has 0 radical (unpaired) electrons. The lowest BCUT2D eigenvalue weighted by atomic mass is 10.2. The number of pyridine rings is 1. The second-order valence-electron chi connectivity index (χ2n) is 5.82.